The van der Waals surface area contributed by atoms with Crippen LogP contribution in [0, 0.1) is 0 Å². The first-order valence-corrected chi connectivity index (χ1v) is 7.96. The van der Waals surface area contributed by atoms with E-state index in [2.05, 4.69) is 4.74 Å². The lowest BCUT2D eigenvalue weighted by atomic mass is 9.98. The third kappa shape index (κ3) is 3.47. The number of phenols is 1. The molecule has 0 saturated heterocycles. The fourth-order valence-electron chi connectivity index (χ4n) is 2.70. The summed E-state index contributed by atoms with van der Waals surface area (Å²) < 4.78 is 4.60. The molecule has 0 aromatic heterocycles. The van der Waals surface area contributed by atoms with Gasteiger partial charge in [0, 0.05) is 5.56 Å². The molecule has 0 atom stereocenters. The van der Waals surface area contributed by atoms with E-state index in [1.54, 1.807) is 6.07 Å². The Morgan fingerprint density at radius 2 is 1.42 bits per heavy atom. The number of aromatic hydroxyl groups is 1. The SMILES string of the molecule is COC(=O)c1ccc(C(=O)CC(=O)c2cc3ccccc3cc2O)cc1. The van der Waals surface area contributed by atoms with Gasteiger partial charge in [0.2, 0.25) is 0 Å². The van der Waals surface area contributed by atoms with Crippen molar-refractivity contribution in [2.45, 2.75) is 6.42 Å². The van der Waals surface area contributed by atoms with Crippen molar-refractivity contribution in [3.8, 4) is 5.75 Å². The van der Waals surface area contributed by atoms with Crippen molar-refractivity contribution in [1.29, 1.82) is 0 Å². The van der Waals surface area contributed by atoms with Gasteiger partial charge in [-0.2, -0.15) is 0 Å². The molecule has 3 rings (SSSR count). The summed E-state index contributed by atoms with van der Waals surface area (Å²) in [6.07, 6.45) is -0.372. The minimum Gasteiger partial charge on any atom is -0.507 e. The lowest BCUT2D eigenvalue weighted by Crippen LogP contribution is -2.09. The van der Waals surface area contributed by atoms with E-state index in [-0.39, 0.29) is 23.5 Å². The first-order valence-electron chi connectivity index (χ1n) is 7.96. The van der Waals surface area contributed by atoms with E-state index < -0.39 is 11.8 Å². The van der Waals surface area contributed by atoms with Gasteiger partial charge in [-0.25, -0.2) is 4.79 Å². The van der Waals surface area contributed by atoms with Crippen molar-refractivity contribution in [1.82, 2.24) is 0 Å². The molecule has 26 heavy (non-hydrogen) atoms. The maximum atomic E-state index is 12.5. The van der Waals surface area contributed by atoms with Crippen LogP contribution in [0.15, 0.2) is 60.7 Å². The number of methoxy groups -OCH3 is 1. The van der Waals surface area contributed by atoms with Crippen LogP contribution in [-0.4, -0.2) is 29.8 Å². The molecule has 0 aliphatic carbocycles. The molecule has 0 radical (unpaired) electrons. The second-order valence-electron chi connectivity index (χ2n) is 5.81. The Balaban J connectivity index is 1.80. The van der Waals surface area contributed by atoms with Crippen LogP contribution >= 0.6 is 0 Å². The molecule has 5 nitrogen and oxygen atoms in total. The number of ketones is 2. The Morgan fingerprint density at radius 1 is 0.846 bits per heavy atom. The molecular formula is C21H16O5. The zero-order valence-corrected chi connectivity index (χ0v) is 14.1. The number of carbonyl (C=O) groups is 3. The van der Waals surface area contributed by atoms with Gasteiger partial charge in [-0.1, -0.05) is 36.4 Å². The largest absolute Gasteiger partial charge is 0.507 e. The number of phenolic OH excluding ortho intramolecular Hbond substituents is 1. The second kappa shape index (κ2) is 7.19. The van der Waals surface area contributed by atoms with E-state index in [1.165, 1.54) is 37.4 Å². The number of benzene rings is 3. The van der Waals surface area contributed by atoms with Gasteiger partial charge >= 0.3 is 5.97 Å². The highest BCUT2D eigenvalue weighted by Gasteiger charge is 2.18. The summed E-state index contributed by atoms with van der Waals surface area (Å²) in [5.74, 6) is -1.50. The number of fused-ring (bicyclic) bond motifs is 1. The molecule has 1 N–H and O–H groups in total. The summed E-state index contributed by atoms with van der Waals surface area (Å²) in [5, 5.41) is 11.7. The van der Waals surface area contributed by atoms with Crippen LogP contribution in [0.4, 0.5) is 0 Å². The smallest absolute Gasteiger partial charge is 0.337 e. The predicted molar refractivity (Wildman–Crippen MR) is 96.7 cm³/mol. The van der Waals surface area contributed by atoms with Gasteiger partial charge in [0.1, 0.15) is 5.75 Å². The molecule has 3 aromatic carbocycles. The van der Waals surface area contributed by atoms with Crippen LogP contribution in [0.3, 0.4) is 0 Å². The normalized spacial score (nSPS) is 10.5. The van der Waals surface area contributed by atoms with Crippen molar-refractivity contribution in [2.75, 3.05) is 7.11 Å². The standard InChI is InChI=1S/C21H16O5/c1-26-21(25)14-8-6-13(7-9-14)18(22)12-20(24)17-10-15-4-2-3-5-16(15)11-19(17)23/h2-11,23H,12H2,1H3. The summed E-state index contributed by atoms with van der Waals surface area (Å²) in [4.78, 5) is 36.2. The van der Waals surface area contributed by atoms with Crippen LogP contribution in [0.2, 0.25) is 0 Å². The number of carbonyl (C=O) groups excluding carboxylic acids is 3. The summed E-state index contributed by atoms with van der Waals surface area (Å²) in [7, 11) is 1.27. The van der Waals surface area contributed by atoms with Crippen LogP contribution in [0.25, 0.3) is 10.8 Å². The minimum absolute atomic E-state index is 0.114. The van der Waals surface area contributed by atoms with Crippen molar-refractivity contribution in [3.63, 3.8) is 0 Å². The zero-order chi connectivity index (χ0) is 18.7. The molecule has 0 amide bonds. The molecular weight excluding hydrogens is 332 g/mol. The van der Waals surface area contributed by atoms with Crippen LogP contribution in [0.1, 0.15) is 37.5 Å². The summed E-state index contributed by atoms with van der Waals surface area (Å²) in [6.45, 7) is 0. The molecule has 0 aliphatic rings. The second-order valence-corrected chi connectivity index (χ2v) is 5.81. The minimum atomic E-state index is -0.499. The maximum absolute atomic E-state index is 12.5. The number of rotatable bonds is 5. The fourth-order valence-corrected chi connectivity index (χ4v) is 2.70. The molecule has 130 valence electrons. The van der Waals surface area contributed by atoms with Gasteiger partial charge in [-0.05, 0) is 35.0 Å². The molecule has 0 saturated carbocycles. The van der Waals surface area contributed by atoms with Gasteiger partial charge in [0.15, 0.2) is 11.6 Å². The highest BCUT2D eigenvalue weighted by molar-refractivity contribution is 6.15. The molecule has 0 aliphatic heterocycles. The van der Waals surface area contributed by atoms with Gasteiger partial charge < -0.3 is 9.84 Å². The van der Waals surface area contributed by atoms with Crippen molar-refractivity contribution < 1.29 is 24.2 Å². The van der Waals surface area contributed by atoms with Crippen LogP contribution < -0.4 is 0 Å². The highest BCUT2D eigenvalue weighted by atomic mass is 16.5. The van der Waals surface area contributed by atoms with E-state index in [0.29, 0.717) is 11.1 Å². The van der Waals surface area contributed by atoms with Gasteiger partial charge in [-0.15, -0.1) is 0 Å². The highest BCUT2D eigenvalue weighted by Crippen LogP contribution is 2.26. The van der Waals surface area contributed by atoms with E-state index in [4.69, 9.17) is 0 Å². The van der Waals surface area contributed by atoms with Crippen molar-refractivity contribution >= 4 is 28.3 Å². The molecule has 0 bridgehead atoms. The maximum Gasteiger partial charge on any atom is 0.337 e. The Morgan fingerprint density at radius 3 is 2.04 bits per heavy atom. The monoisotopic (exact) mass is 348 g/mol. The number of esters is 1. The molecule has 3 aromatic rings. The third-order valence-electron chi connectivity index (χ3n) is 4.11. The Hall–Kier alpha value is -3.47. The van der Waals surface area contributed by atoms with E-state index >= 15 is 0 Å². The first kappa shape index (κ1) is 17.4. The average molecular weight is 348 g/mol. The Labute approximate surface area is 149 Å². The first-order chi connectivity index (χ1) is 12.5. The Kier molecular flexibility index (Phi) is 4.80. The van der Waals surface area contributed by atoms with E-state index in [1.807, 2.05) is 24.3 Å². The fraction of sp³-hybridized carbons (Fsp3) is 0.0952. The number of Topliss-reactive ketones (excluding diaryl/α,β-unsaturated/α-hetero) is 2. The summed E-state index contributed by atoms with van der Waals surface area (Å²) in [5.41, 5.74) is 0.747. The molecule has 5 heteroatoms. The van der Waals surface area contributed by atoms with Crippen LogP contribution in [-0.2, 0) is 4.74 Å². The topological polar surface area (TPSA) is 80.7 Å². The lowest BCUT2D eigenvalue weighted by Gasteiger charge is -2.07. The zero-order valence-electron chi connectivity index (χ0n) is 14.1. The van der Waals surface area contributed by atoms with Gasteiger partial charge in [0.25, 0.3) is 0 Å². The molecule has 0 fully saturated rings. The molecule has 0 heterocycles. The Bertz CT molecular complexity index is 1000. The number of hydrogen-bond acceptors (Lipinski definition) is 5. The van der Waals surface area contributed by atoms with Crippen LogP contribution in [0.5, 0.6) is 5.75 Å². The number of ether oxygens (including phenoxy) is 1. The molecule has 0 spiro atoms. The summed E-state index contributed by atoms with van der Waals surface area (Å²) in [6, 6.07) is 16.3. The predicted octanol–water partition coefficient (Wildman–Crippen LogP) is 3.79. The van der Waals surface area contributed by atoms with Crippen molar-refractivity contribution in [3.05, 3.63) is 77.4 Å². The molecule has 0 unspecified atom stereocenters. The van der Waals surface area contributed by atoms with E-state index in [9.17, 15) is 19.5 Å². The average Bonchev–Trinajstić information content (AvgIpc) is 2.66. The van der Waals surface area contributed by atoms with Gasteiger partial charge in [0.05, 0.1) is 24.7 Å². The summed E-state index contributed by atoms with van der Waals surface area (Å²) >= 11 is 0. The van der Waals surface area contributed by atoms with Crippen molar-refractivity contribution in [2.24, 2.45) is 0 Å². The van der Waals surface area contributed by atoms with Gasteiger partial charge in [-0.3, -0.25) is 9.59 Å². The quantitative estimate of drug-likeness (QED) is 0.431. The third-order valence-corrected chi connectivity index (χ3v) is 4.11. The lowest BCUT2D eigenvalue weighted by molar-refractivity contribution is 0.0600. The van der Waals surface area contributed by atoms with E-state index in [0.717, 1.165) is 10.8 Å². The number of hydrogen-bond donors (Lipinski definition) is 1.